The van der Waals surface area contributed by atoms with E-state index < -0.39 is 15.3 Å². The monoisotopic (exact) mass is 419 g/mol. The second-order valence-corrected chi connectivity index (χ2v) is 12.6. The first-order valence-electron chi connectivity index (χ1n) is 10.7. The molecule has 4 rings (SSSR count). The third kappa shape index (κ3) is 2.77. The molecule has 160 valence electrons. The van der Waals surface area contributed by atoms with Crippen LogP contribution in [0.2, 0.25) is 0 Å². The molecule has 1 amide bonds. The predicted octanol–water partition coefficient (Wildman–Crippen LogP) is 4.04. The Kier molecular flexibility index (Phi) is 4.44. The van der Waals surface area contributed by atoms with E-state index in [1.165, 1.54) is 25.6 Å². The van der Waals surface area contributed by atoms with Crippen LogP contribution in [-0.4, -0.2) is 32.2 Å². The van der Waals surface area contributed by atoms with Gasteiger partial charge < -0.3 is 10.4 Å². The van der Waals surface area contributed by atoms with E-state index in [1.807, 2.05) is 0 Å². The van der Waals surface area contributed by atoms with Crippen molar-refractivity contribution in [3.63, 3.8) is 0 Å². The number of hydrogen-bond acceptors (Lipinski definition) is 4. The Hall–Kier alpha value is -1.56. The second kappa shape index (κ2) is 6.22. The maximum atomic E-state index is 13.4. The van der Waals surface area contributed by atoms with Gasteiger partial charge in [-0.1, -0.05) is 34.1 Å². The third-order valence-electron chi connectivity index (χ3n) is 8.64. The number of amides is 1. The highest BCUT2D eigenvalue weighted by Crippen LogP contribution is 2.66. The zero-order valence-electron chi connectivity index (χ0n) is 18.1. The van der Waals surface area contributed by atoms with E-state index >= 15 is 0 Å². The highest BCUT2D eigenvalue weighted by Gasteiger charge is 2.62. The summed E-state index contributed by atoms with van der Waals surface area (Å²) in [5.41, 5.74) is 0.618. The minimum absolute atomic E-state index is 0.0428. The number of hydrogen-bond donors (Lipinski definition) is 2. The van der Waals surface area contributed by atoms with Crippen LogP contribution in [0.4, 0.5) is 0 Å². The minimum atomic E-state index is -3.60. The number of sulfone groups is 1. The van der Waals surface area contributed by atoms with Crippen molar-refractivity contribution in [2.75, 3.05) is 12.8 Å². The Balaban J connectivity index is 1.99. The van der Waals surface area contributed by atoms with E-state index in [0.717, 1.165) is 25.7 Å². The molecule has 3 aliphatic rings. The van der Waals surface area contributed by atoms with Crippen molar-refractivity contribution >= 4 is 15.7 Å². The summed E-state index contributed by atoms with van der Waals surface area (Å²) in [6, 6.07) is 2.78. The van der Waals surface area contributed by atoms with Crippen LogP contribution >= 0.6 is 0 Å². The zero-order chi connectivity index (χ0) is 21.4. The Morgan fingerprint density at radius 1 is 1.10 bits per heavy atom. The van der Waals surface area contributed by atoms with Crippen molar-refractivity contribution in [3.8, 4) is 5.75 Å². The van der Waals surface area contributed by atoms with Crippen LogP contribution in [0.1, 0.15) is 75.7 Å². The van der Waals surface area contributed by atoms with Gasteiger partial charge in [-0.3, -0.25) is 4.79 Å². The molecule has 2 fully saturated rings. The minimum Gasteiger partial charge on any atom is -0.508 e. The van der Waals surface area contributed by atoms with E-state index in [4.69, 9.17) is 0 Å². The number of carbonyl (C=O) groups is 1. The highest BCUT2D eigenvalue weighted by molar-refractivity contribution is 7.91. The Bertz CT molecular complexity index is 983. The fourth-order valence-corrected chi connectivity index (χ4v) is 9.70. The van der Waals surface area contributed by atoms with Crippen molar-refractivity contribution in [1.82, 2.24) is 5.32 Å². The Labute approximate surface area is 174 Å². The largest absolute Gasteiger partial charge is 0.508 e. The van der Waals surface area contributed by atoms with E-state index in [-0.39, 0.29) is 39.1 Å². The zero-order valence-corrected chi connectivity index (χ0v) is 18.9. The molecular formula is C23H33NO4S. The molecule has 4 atom stereocenters. The van der Waals surface area contributed by atoms with Crippen molar-refractivity contribution < 1.29 is 18.3 Å². The molecule has 0 unspecified atom stereocenters. The number of phenolic OH excluding ortho intramolecular Hbond substituents is 1. The van der Waals surface area contributed by atoms with E-state index in [2.05, 4.69) is 33.0 Å². The Morgan fingerprint density at radius 3 is 2.45 bits per heavy atom. The average molecular weight is 420 g/mol. The summed E-state index contributed by atoms with van der Waals surface area (Å²) in [6.07, 6.45) is 5.21. The molecule has 1 aliphatic heterocycles. The van der Waals surface area contributed by atoms with Gasteiger partial charge >= 0.3 is 0 Å². The normalized spacial score (nSPS) is 37.0. The number of phenols is 1. The summed E-state index contributed by atoms with van der Waals surface area (Å²) in [7, 11) is -2.06. The van der Waals surface area contributed by atoms with E-state index in [9.17, 15) is 18.3 Å². The van der Waals surface area contributed by atoms with Crippen molar-refractivity contribution in [2.24, 2.45) is 22.7 Å². The summed E-state index contributed by atoms with van der Waals surface area (Å²) in [5, 5.41) is 12.8. The average Bonchev–Trinajstić information content (AvgIpc) is 2.62. The molecule has 1 heterocycles. The number of carbonyl (C=O) groups excluding carboxylic acids is 1. The lowest BCUT2D eigenvalue weighted by atomic mass is 9.42. The van der Waals surface area contributed by atoms with Crippen molar-refractivity contribution in [2.45, 2.75) is 70.1 Å². The maximum absolute atomic E-state index is 13.4. The molecule has 6 heteroatoms. The first-order valence-corrected chi connectivity index (χ1v) is 12.3. The van der Waals surface area contributed by atoms with Crippen LogP contribution in [0.3, 0.4) is 0 Å². The smallest absolute Gasteiger partial charge is 0.251 e. The fraction of sp³-hybridized carbons (Fsp3) is 0.696. The molecule has 0 aromatic heterocycles. The molecule has 0 bridgehead atoms. The quantitative estimate of drug-likeness (QED) is 0.720. The Morgan fingerprint density at radius 2 is 1.79 bits per heavy atom. The number of benzene rings is 1. The first-order chi connectivity index (χ1) is 13.4. The molecule has 0 radical (unpaired) electrons. The van der Waals surface area contributed by atoms with Gasteiger partial charge in [0.05, 0.1) is 10.6 Å². The topological polar surface area (TPSA) is 83.5 Å². The lowest BCUT2D eigenvalue weighted by Crippen LogP contribution is -2.60. The molecule has 29 heavy (non-hydrogen) atoms. The van der Waals surface area contributed by atoms with Crippen LogP contribution in [0.25, 0.3) is 0 Å². The number of aromatic hydroxyl groups is 1. The SMILES string of the molecule is CNC(=O)c1cc(O)cc2c1[C@]1(C)CC[C@H]3C(C)(C)CCC[C@]3(C)[C@H]1CS2(=O)=O. The van der Waals surface area contributed by atoms with Crippen molar-refractivity contribution in [3.05, 3.63) is 23.3 Å². The van der Waals surface area contributed by atoms with Gasteiger partial charge in [0.1, 0.15) is 5.75 Å². The van der Waals surface area contributed by atoms with E-state index in [0.29, 0.717) is 17.0 Å². The summed E-state index contributed by atoms with van der Waals surface area (Å²) in [6.45, 7) is 9.10. The molecule has 0 spiro atoms. The van der Waals surface area contributed by atoms with Gasteiger partial charge in [-0.25, -0.2) is 8.42 Å². The van der Waals surface area contributed by atoms with Crippen LogP contribution in [-0.2, 0) is 15.3 Å². The standard InChI is InChI=1S/C23H33NO4S/c1-21(2)8-6-9-22(3)17(21)7-10-23(4)18(22)13-29(27,28)16-12-14(25)11-15(19(16)23)20(26)24-5/h11-12,17-18,25H,6-10,13H2,1-5H3,(H,24,26)/t17-,18+,22-,23+/m0/s1. The van der Waals surface area contributed by atoms with Gasteiger partial charge in [-0.2, -0.15) is 0 Å². The maximum Gasteiger partial charge on any atom is 0.251 e. The van der Waals surface area contributed by atoms with Crippen LogP contribution < -0.4 is 5.32 Å². The van der Waals surface area contributed by atoms with Gasteiger partial charge in [-0.15, -0.1) is 0 Å². The summed E-state index contributed by atoms with van der Waals surface area (Å²) < 4.78 is 26.8. The summed E-state index contributed by atoms with van der Waals surface area (Å²) >= 11 is 0. The highest BCUT2D eigenvalue weighted by atomic mass is 32.2. The fourth-order valence-electron chi connectivity index (χ4n) is 7.38. The molecule has 0 saturated heterocycles. The van der Waals surface area contributed by atoms with E-state index in [1.54, 1.807) is 0 Å². The molecule has 1 aromatic rings. The lowest BCUT2D eigenvalue weighted by Gasteiger charge is -2.64. The molecular weight excluding hydrogens is 386 g/mol. The van der Waals surface area contributed by atoms with Gasteiger partial charge in [0.15, 0.2) is 9.84 Å². The molecule has 2 aliphatic carbocycles. The van der Waals surface area contributed by atoms with Gasteiger partial charge in [0.2, 0.25) is 0 Å². The third-order valence-corrected chi connectivity index (χ3v) is 10.4. The molecule has 2 N–H and O–H groups in total. The van der Waals surface area contributed by atoms with Gasteiger partial charge in [-0.05, 0) is 71.5 Å². The van der Waals surface area contributed by atoms with Gasteiger partial charge in [0.25, 0.3) is 5.91 Å². The molecule has 5 nitrogen and oxygen atoms in total. The number of fused-ring (bicyclic) bond motifs is 5. The van der Waals surface area contributed by atoms with Crippen LogP contribution in [0.5, 0.6) is 5.75 Å². The van der Waals surface area contributed by atoms with Gasteiger partial charge in [0, 0.05) is 12.6 Å². The summed E-state index contributed by atoms with van der Waals surface area (Å²) in [5.74, 6) is 0.00557. The first kappa shape index (κ1) is 20.7. The number of nitrogens with one attached hydrogen (secondary N) is 1. The summed E-state index contributed by atoms with van der Waals surface area (Å²) in [4.78, 5) is 12.9. The molecule has 1 aromatic carbocycles. The number of rotatable bonds is 1. The lowest BCUT2D eigenvalue weighted by molar-refractivity contribution is -0.0982. The van der Waals surface area contributed by atoms with Crippen molar-refractivity contribution in [1.29, 1.82) is 0 Å². The predicted molar refractivity (Wildman–Crippen MR) is 113 cm³/mol. The van der Waals surface area contributed by atoms with Crippen LogP contribution in [0.15, 0.2) is 17.0 Å². The second-order valence-electron chi connectivity index (χ2n) is 10.6. The van der Waals surface area contributed by atoms with Crippen LogP contribution in [0, 0.1) is 22.7 Å². The molecule has 2 saturated carbocycles.